The normalized spacial score (nSPS) is 15.5. The van der Waals surface area contributed by atoms with Crippen molar-refractivity contribution in [2.75, 3.05) is 6.61 Å². The van der Waals surface area contributed by atoms with Gasteiger partial charge < -0.3 is 9.26 Å². The standard InChI is InChI=1S/C24H15ClF4IN3O2/c1-30-24(28,29)23-16(11-31-33(23)15-5-2-4-14(26)10-15)22-19(13-8-9-34-12-13)21(32-35-22)20-17(25)6-3-7-18(20)27/h2-11,13H,1,12H2. The van der Waals surface area contributed by atoms with E-state index in [9.17, 15) is 8.78 Å². The van der Waals surface area contributed by atoms with Crippen LogP contribution in [-0.4, -0.2) is 26.1 Å². The van der Waals surface area contributed by atoms with E-state index >= 15 is 8.78 Å². The minimum absolute atomic E-state index is 0.0186. The molecule has 2 aromatic heterocycles. The lowest BCUT2D eigenvalue weighted by Gasteiger charge is -2.16. The Hall–Kier alpha value is -2.99. The summed E-state index contributed by atoms with van der Waals surface area (Å²) in [5.41, 5.74) is -0.105. The maximum absolute atomic E-state index is 15.3. The molecule has 1 aliphatic heterocycles. The molecule has 0 saturated heterocycles. The third-order valence-corrected chi connectivity index (χ3v) is 7.27. The van der Waals surface area contributed by atoms with Gasteiger partial charge in [-0.1, -0.05) is 33.4 Å². The highest BCUT2D eigenvalue weighted by Gasteiger charge is 2.40. The van der Waals surface area contributed by atoms with Crippen LogP contribution in [0.5, 0.6) is 0 Å². The third kappa shape index (κ3) is 4.18. The van der Waals surface area contributed by atoms with Crippen LogP contribution in [0.4, 0.5) is 17.6 Å². The van der Waals surface area contributed by atoms with Gasteiger partial charge >= 0.3 is 3.93 Å². The molecule has 1 aliphatic rings. The molecular formula is C24H15ClF4IN3O2. The minimum Gasteiger partial charge on any atom is -0.501 e. The number of ether oxygens (including phenoxy) is 1. The molecule has 0 amide bonds. The van der Waals surface area contributed by atoms with E-state index in [-0.39, 0.29) is 39.9 Å². The smallest absolute Gasteiger partial charge is 0.333 e. The maximum atomic E-state index is 15.3. The molecule has 0 fully saturated rings. The van der Waals surface area contributed by atoms with Gasteiger partial charge in [0, 0.05) is 11.5 Å². The number of benzene rings is 2. The Morgan fingerprint density at radius 1 is 1.17 bits per heavy atom. The van der Waals surface area contributed by atoms with E-state index in [1.807, 2.05) is 0 Å². The van der Waals surface area contributed by atoms with Crippen molar-refractivity contribution in [3.63, 3.8) is 0 Å². The van der Waals surface area contributed by atoms with E-state index in [4.69, 9.17) is 20.9 Å². The SMILES string of the molecule is C=IC(F)(F)c1c(-c2onc(-c3c(F)cccc3Cl)c2C2C=COC2)cnn1-c1cccc(F)c1. The van der Waals surface area contributed by atoms with Crippen molar-refractivity contribution in [1.82, 2.24) is 14.9 Å². The second kappa shape index (κ2) is 9.23. The fourth-order valence-electron chi connectivity index (χ4n) is 3.94. The van der Waals surface area contributed by atoms with Gasteiger partial charge in [-0.15, -0.1) is 0 Å². The third-order valence-electron chi connectivity index (χ3n) is 5.48. The van der Waals surface area contributed by atoms with Gasteiger partial charge in [-0.05, 0) is 57.1 Å². The minimum atomic E-state index is -3.36. The predicted molar refractivity (Wildman–Crippen MR) is 132 cm³/mol. The molecule has 0 bridgehead atoms. The van der Waals surface area contributed by atoms with Gasteiger partial charge in [0.25, 0.3) is 0 Å². The summed E-state index contributed by atoms with van der Waals surface area (Å²) in [4.78, 5) is 0. The molecule has 2 aromatic carbocycles. The van der Waals surface area contributed by atoms with Crippen LogP contribution >= 0.6 is 32.3 Å². The van der Waals surface area contributed by atoms with Crippen molar-refractivity contribution in [3.05, 3.63) is 88.9 Å². The van der Waals surface area contributed by atoms with Crippen LogP contribution in [0.3, 0.4) is 0 Å². The molecule has 3 heterocycles. The predicted octanol–water partition coefficient (Wildman–Crippen LogP) is 7.21. The molecule has 0 saturated carbocycles. The van der Waals surface area contributed by atoms with E-state index < -0.39 is 47.9 Å². The highest BCUT2D eigenvalue weighted by atomic mass is 127. The van der Waals surface area contributed by atoms with Crippen molar-refractivity contribution in [2.24, 2.45) is 0 Å². The summed E-state index contributed by atoms with van der Waals surface area (Å²) in [7, 11) is 0. The Balaban J connectivity index is 1.79. The van der Waals surface area contributed by atoms with E-state index in [0.717, 1.165) is 10.7 Å². The summed E-state index contributed by atoms with van der Waals surface area (Å²) in [6.07, 6.45) is 4.35. The van der Waals surface area contributed by atoms with E-state index in [2.05, 4.69) is 14.8 Å². The zero-order chi connectivity index (χ0) is 24.7. The van der Waals surface area contributed by atoms with E-state index in [1.165, 1.54) is 48.9 Å². The van der Waals surface area contributed by atoms with Gasteiger partial charge in [0.2, 0.25) is 0 Å². The van der Waals surface area contributed by atoms with E-state index in [1.54, 1.807) is 6.08 Å². The highest BCUT2D eigenvalue weighted by molar-refractivity contribution is 14.2. The zero-order valence-corrected chi connectivity index (χ0v) is 20.6. The summed E-state index contributed by atoms with van der Waals surface area (Å²) in [5.74, 6) is -1.76. The largest absolute Gasteiger partial charge is 0.501 e. The van der Waals surface area contributed by atoms with Gasteiger partial charge in [0.1, 0.15) is 23.0 Å². The van der Waals surface area contributed by atoms with Crippen LogP contribution in [-0.2, 0) is 8.67 Å². The second-order valence-corrected chi connectivity index (χ2v) is 10.1. The molecule has 0 radical (unpaired) electrons. The number of hydrogen-bond acceptors (Lipinski definition) is 4. The summed E-state index contributed by atoms with van der Waals surface area (Å²) in [6, 6.07) is 9.30. The Morgan fingerprint density at radius 2 is 1.97 bits per heavy atom. The van der Waals surface area contributed by atoms with Gasteiger partial charge in [0.15, 0.2) is 5.76 Å². The number of alkyl halides is 3. The average molecular weight is 616 g/mol. The first-order chi connectivity index (χ1) is 16.8. The second-order valence-electron chi connectivity index (χ2n) is 7.57. The Bertz CT molecular complexity index is 1450. The number of nitrogens with zero attached hydrogens (tertiary/aromatic N) is 3. The van der Waals surface area contributed by atoms with E-state index in [0.29, 0.717) is 5.56 Å². The van der Waals surface area contributed by atoms with Crippen molar-refractivity contribution in [3.8, 4) is 28.3 Å². The molecule has 0 spiro atoms. The topological polar surface area (TPSA) is 53.1 Å². The Kier molecular flexibility index (Phi) is 6.26. The maximum Gasteiger partial charge on any atom is 0.333 e. The lowest BCUT2D eigenvalue weighted by molar-refractivity contribution is 0.119. The van der Waals surface area contributed by atoms with Crippen molar-refractivity contribution < 1.29 is 26.8 Å². The van der Waals surface area contributed by atoms with Crippen molar-refractivity contribution in [2.45, 2.75) is 9.85 Å². The molecule has 180 valence electrons. The summed E-state index contributed by atoms with van der Waals surface area (Å²) >= 11 is 4.37. The van der Waals surface area contributed by atoms with Crippen LogP contribution < -0.4 is 0 Å². The van der Waals surface area contributed by atoms with Gasteiger partial charge in [-0.25, -0.2) is 13.5 Å². The first-order valence-electron chi connectivity index (χ1n) is 10.2. The molecule has 11 heteroatoms. The quantitative estimate of drug-likeness (QED) is 0.131. The van der Waals surface area contributed by atoms with Crippen molar-refractivity contribution >= 4 is 36.8 Å². The molecule has 4 aromatic rings. The lowest BCUT2D eigenvalue weighted by Crippen LogP contribution is -2.14. The zero-order valence-electron chi connectivity index (χ0n) is 17.7. The first-order valence-corrected chi connectivity index (χ1v) is 13.1. The van der Waals surface area contributed by atoms with Crippen LogP contribution in [0.15, 0.2) is 65.5 Å². The molecule has 1 unspecified atom stereocenters. The van der Waals surface area contributed by atoms with Gasteiger partial charge in [-0.3, -0.25) is 0 Å². The molecule has 1 atom stereocenters. The number of aromatic nitrogens is 3. The van der Waals surface area contributed by atoms with Gasteiger partial charge in [0.05, 0.1) is 40.9 Å². The van der Waals surface area contributed by atoms with Crippen LogP contribution in [0.1, 0.15) is 17.2 Å². The molecule has 5 nitrogen and oxygen atoms in total. The van der Waals surface area contributed by atoms with Crippen LogP contribution in [0.2, 0.25) is 5.02 Å². The summed E-state index contributed by atoms with van der Waals surface area (Å²) < 4.78 is 71.4. The average Bonchev–Trinajstić information content (AvgIpc) is 3.58. The van der Waals surface area contributed by atoms with Crippen molar-refractivity contribution in [1.29, 1.82) is 0 Å². The molecule has 0 N–H and O–H groups in total. The first kappa shape index (κ1) is 23.7. The Morgan fingerprint density at radius 3 is 2.66 bits per heavy atom. The fraction of sp³-hybridized carbons (Fsp3) is 0.125. The van der Waals surface area contributed by atoms with Gasteiger partial charge in [-0.2, -0.15) is 13.9 Å². The fourth-order valence-corrected chi connectivity index (χ4v) is 5.07. The number of rotatable bonds is 6. The molecule has 0 aliphatic carbocycles. The Labute approximate surface area is 211 Å². The molecule has 5 rings (SSSR count). The monoisotopic (exact) mass is 615 g/mol. The number of halogens is 6. The number of hydrogen-bond donors (Lipinski definition) is 0. The van der Waals surface area contributed by atoms with Crippen LogP contribution in [0.25, 0.3) is 28.3 Å². The highest BCUT2D eigenvalue weighted by Crippen LogP contribution is 2.48. The lowest BCUT2D eigenvalue weighted by atomic mass is 9.92. The summed E-state index contributed by atoms with van der Waals surface area (Å²) in [6.45, 7) is 0.166. The summed E-state index contributed by atoms with van der Waals surface area (Å²) in [5, 5.41) is 8.24. The van der Waals surface area contributed by atoms with Crippen LogP contribution in [0, 0.1) is 11.6 Å². The molecular weight excluding hydrogens is 601 g/mol. The molecule has 35 heavy (non-hydrogen) atoms.